The molecule has 0 heterocycles. The van der Waals surface area contributed by atoms with Crippen LogP contribution in [0.2, 0.25) is 5.02 Å². The standard InChI is InChI=1S/C12H16ClNO/c1-12(6-7-12)14-8-11(15)9-4-2-3-5-10(9)13/h2-5,11,14-15H,6-8H2,1H3. The summed E-state index contributed by atoms with van der Waals surface area (Å²) in [7, 11) is 0. The fraction of sp³-hybridized carbons (Fsp3) is 0.500. The maximum absolute atomic E-state index is 9.95. The summed E-state index contributed by atoms with van der Waals surface area (Å²) in [5, 5.41) is 13.9. The van der Waals surface area contributed by atoms with Crippen molar-refractivity contribution in [1.29, 1.82) is 0 Å². The first-order valence-corrected chi connectivity index (χ1v) is 5.66. The van der Waals surface area contributed by atoms with E-state index in [9.17, 15) is 5.11 Å². The number of hydrogen-bond acceptors (Lipinski definition) is 2. The highest BCUT2D eigenvalue weighted by atomic mass is 35.5. The minimum Gasteiger partial charge on any atom is -0.387 e. The third-order valence-electron chi connectivity index (χ3n) is 2.99. The summed E-state index contributed by atoms with van der Waals surface area (Å²) in [5.74, 6) is 0. The summed E-state index contributed by atoms with van der Waals surface area (Å²) in [5.41, 5.74) is 1.05. The van der Waals surface area contributed by atoms with Crippen LogP contribution < -0.4 is 5.32 Å². The highest BCUT2D eigenvalue weighted by Crippen LogP contribution is 2.34. The van der Waals surface area contributed by atoms with Gasteiger partial charge in [0.05, 0.1) is 6.10 Å². The second kappa shape index (κ2) is 4.12. The average molecular weight is 226 g/mol. The summed E-state index contributed by atoms with van der Waals surface area (Å²) < 4.78 is 0. The molecule has 3 heteroatoms. The van der Waals surface area contributed by atoms with Crippen LogP contribution in [0.25, 0.3) is 0 Å². The molecular formula is C12H16ClNO. The van der Waals surface area contributed by atoms with E-state index in [0.717, 1.165) is 5.56 Å². The number of β-amino-alcohol motifs (C(OH)–C–C–N with tert-alkyl or cyclic N) is 1. The molecule has 2 rings (SSSR count). The molecular weight excluding hydrogens is 210 g/mol. The summed E-state index contributed by atoms with van der Waals surface area (Å²) in [4.78, 5) is 0. The van der Waals surface area contributed by atoms with Crippen molar-refractivity contribution in [2.24, 2.45) is 0 Å². The maximum atomic E-state index is 9.95. The third kappa shape index (κ3) is 2.71. The number of hydrogen-bond donors (Lipinski definition) is 2. The van der Waals surface area contributed by atoms with E-state index in [1.165, 1.54) is 12.8 Å². The minimum atomic E-state index is -0.517. The van der Waals surface area contributed by atoms with Gasteiger partial charge in [-0.15, -0.1) is 0 Å². The van der Waals surface area contributed by atoms with Crippen LogP contribution in [0.4, 0.5) is 0 Å². The van der Waals surface area contributed by atoms with Crippen molar-refractivity contribution in [2.45, 2.75) is 31.4 Å². The zero-order valence-electron chi connectivity index (χ0n) is 8.83. The zero-order valence-corrected chi connectivity index (χ0v) is 9.59. The van der Waals surface area contributed by atoms with E-state index < -0.39 is 6.10 Å². The third-order valence-corrected chi connectivity index (χ3v) is 3.33. The Balaban J connectivity index is 1.95. The molecule has 0 amide bonds. The van der Waals surface area contributed by atoms with E-state index in [4.69, 9.17) is 11.6 Å². The Hall–Kier alpha value is -0.570. The summed E-state index contributed by atoms with van der Waals surface area (Å²) >= 11 is 6.00. The van der Waals surface area contributed by atoms with Crippen LogP contribution in [0.1, 0.15) is 31.4 Å². The highest BCUT2D eigenvalue weighted by molar-refractivity contribution is 6.31. The first-order valence-electron chi connectivity index (χ1n) is 5.28. The van der Waals surface area contributed by atoms with Crippen molar-refractivity contribution >= 4 is 11.6 Å². The van der Waals surface area contributed by atoms with E-state index in [-0.39, 0.29) is 5.54 Å². The van der Waals surface area contributed by atoms with Crippen molar-refractivity contribution in [3.8, 4) is 0 Å². The van der Waals surface area contributed by atoms with Crippen molar-refractivity contribution in [2.75, 3.05) is 6.54 Å². The lowest BCUT2D eigenvalue weighted by Gasteiger charge is -2.17. The number of halogens is 1. The number of aliphatic hydroxyl groups is 1. The number of benzene rings is 1. The highest BCUT2D eigenvalue weighted by Gasteiger charge is 2.36. The first kappa shape index (κ1) is 10.9. The van der Waals surface area contributed by atoms with Crippen LogP contribution in [-0.4, -0.2) is 17.2 Å². The Bertz CT molecular complexity index is 349. The quantitative estimate of drug-likeness (QED) is 0.826. The fourth-order valence-electron chi connectivity index (χ4n) is 1.56. The van der Waals surface area contributed by atoms with Crippen LogP contribution in [0.5, 0.6) is 0 Å². The summed E-state index contributed by atoms with van der Waals surface area (Å²) in [6.07, 6.45) is 1.88. The van der Waals surface area contributed by atoms with E-state index in [2.05, 4.69) is 12.2 Å². The van der Waals surface area contributed by atoms with Gasteiger partial charge < -0.3 is 10.4 Å². The predicted molar refractivity (Wildman–Crippen MR) is 62.1 cm³/mol. The van der Waals surface area contributed by atoms with Gasteiger partial charge in [-0.05, 0) is 25.8 Å². The van der Waals surface area contributed by atoms with Gasteiger partial charge in [-0.2, -0.15) is 0 Å². The molecule has 1 atom stereocenters. The Morgan fingerprint density at radius 3 is 2.73 bits per heavy atom. The molecule has 0 bridgehead atoms. The largest absolute Gasteiger partial charge is 0.387 e. The van der Waals surface area contributed by atoms with Gasteiger partial charge in [-0.3, -0.25) is 0 Å². The summed E-state index contributed by atoms with van der Waals surface area (Å²) in [6.45, 7) is 2.74. The van der Waals surface area contributed by atoms with Gasteiger partial charge in [-0.1, -0.05) is 29.8 Å². The Kier molecular flexibility index (Phi) is 3.01. The Morgan fingerprint density at radius 2 is 2.13 bits per heavy atom. The number of rotatable bonds is 4. The van der Waals surface area contributed by atoms with Gasteiger partial charge in [-0.25, -0.2) is 0 Å². The molecule has 0 aliphatic heterocycles. The molecule has 1 saturated carbocycles. The molecule has 2 N–H and O–H groups in total. The molecule has 0 saturated heterocycles. The average Bonchev–Trinajstić information content (AvgIpc) is 2.95. The fourth-order valence-corrected chi connectivity index (χ4v) is 1.82. The zero-order chi connectivity index (χ0) is 10.9. The lowest BCUT2D eigenvalue weighted by atomic mass is 10.1. The molecule has 1 unspecified atom stereocenters. The van der Waals surface area contributed by atoms with Gasteiger partial charge in [0.2, 0.25) is 0 Å². The second-order valence-electron chi connectivity index (χ2n) is 4.48. The van der Waals surface area contributed by atoms with E-state index >= 15 is 0 Å². The van der Waals surface area contributed by atoms with Crippen molar-refractivity contribution in [1.82, 2.24) is 5.32 Å². The second-order valence-corrected chi connectivity index (χ2v) is 4.89. The van der Waals surface area contributed by atoms with Crippen LogP contribution >= 0.6 is 11.6 Å². The van der Waals surface area contributed by atoms with Gasteiger partial charge >= 0.3 is 0 Å². The monoisotopic (exact) mass is 225 g/mol. The molecule has 1 aliphatic rings. The molecule has 1 aromatic rings. The smallest absolute Gasteiger partial charge is 0.0928 e. The van der Waals surface area contributed by atoms with Gasteiger partial charge in [0, 0.05) is 22.7 Å². The molecule has 0 radical (unpaired) electrons. The molecule has 15 heavy (non-hydrogen) atoms. The SMILES string of the molecule is CC1(NCC(O)c2ccccc2Cl)CC1. The van der Waals surface area contributed by atoms with Crippen molar-refractivity contribution in [3.05, 3.63) is 34.9 Å². The van der Waals surface area contributed by atoms with Gasteiger partial charge in [0.1, 0.15) is 0 Å². The molecule has 1 fully saturated rings. The molecule has 2 nitrogen and oxygen atoms in total. The topological polar surface area (TPSA) is 32.3 Å². The molecule has 82 valence electrons. The normalized spacial score (nSPS) is 19.9. The maximum Gasteiger partial charge on any atom is 0.0928 e. The Morgan fingerprint density at radius 1 is 1.47 bits per heavy atom. The van der Waals surface area contributed by atoms with Crippen LogP contribution in [0, 0.1) is 0 Å². The van der Waals surface area contributed by atoms with Crippen LogP contribution in [0.15, 0.2) is 24.3 Å². The minimum absolute atomic E-state index is 0.252. The molecule has 1 aliphatic carbocycles. The van der Waals surface area contributed by atoms with E-state index in [1.54, 1.807) is 6.07 Å². The predicted octanol–water partition coefficient (Wildman–Crippen LogP) is 2.52. The number of nitrogens with one attached hydrogen (secondary N) is 1. The van der Waals surface area contributed by atoms with Crippen LogP contribution in [-0.2, 0) is 0 Å². The lowest BCUT2D eigenvalue weighted by molar-refractivity contribution is 0.169. The number of aliphatic hydroxyl groups excluding tert-OH is 1. The first-order chi connectivity index (χ1) is 7.11. The molecule has 0 spiro atoms. The van der Waals surface area contributed by atoms with E-state index in [1.807, 2.05) is 18.2 Å². The van der Waals surface area contributed by atoms with Crippen molar-refractivity contribution in [3.63, 3.8) is 0 Å². The molecule has 0 aromatic heterocycles. The van der Waals surface area contributed by atoms with Crippen LogP contribution in [0.3, 0.4) is 0 Å². The Labute approximate surface area is 95.3 Å². The summed E-state index contributed by atoms with van der Waals surface area (Å²) in [6, 6.07) is 7.43. The lowest BCUT2D eigenvalue weighted by Crippen LogP contribution is -2.32. The molecule has 1 aromatic carbocycles. The van der Waals surface area contributed by atoms with Gasteiger partial charge in [0.15, 0.2) is 0 Å². The van der Waals surface area contributed by atoms with E-state index in [0.29, 0.717) is 11.6 Å². The van der Waals surface area contributed by atoms with Gasteiger partial charge in [0.25, 0.3) is 0 Å². The van der Waals surface area contributed by atoms with Crippen molar-refractivity contribution < 1.29 is 5.11 Å².